The summed E-state index contributed by atoms with van der Waals surface area (Å²) in [7, 11) is 1.12. The van der Waals surface area contributed by atoms with Crippen LogP contribution in [-0.4, -0.2) is 34.0 Å². The highest BCUT2D eigenvalue weighted by molar-refractivity contribution is 6.32. The molecule has 0 bridgehead atoms. The van der Waals surface area contributed by atoms with E-state index in [0.29, 0.717) is 13.1 Å². The number of ether oxygens (including phenoxy) is 2. The van der Waals surface area contributed by atoms with Crippen LogP contribution in [0.2, 0.25) is 5.15 Å². The van der Waals surface area contributed by atoms with Crippen molar-refractivity contribution in [1.29, 1.82) is 0 Å². The molecule has 1 aromatic carbocycles. The summed E-state index contributed by atoms with van der Waals surface area (Å²) >= 11 is 6.33. The second-order valence-corrected chi connectivity index (χ2v) is 6.56. The molecular weight excluding hydrogens is 397 g/mol. The van der Waals surface area contributed by atoms with E-state index >= 15 is 0 Å². The molecule has 1 aliphatic rings. The van der Waals surface area contributed by atoms with E-state index in [-0.39, 0.29) is 16.3 Å². The van der Waals surface area contributed by atoms with Crippen LogP contribution >= 0.6 is 11.6 Å². The average molecular weight is 414 g/mol. The molecule has 150 valence electrons. The van der Waals surface area contributed by atoms with Crippen LogP contribution in [0.5, 0.6) is 5.75 Å². The number of methoxy groups -OCH3 is 1. The Labute approximate surface area is 163 Å². The third-order valence-electron chi connectivity index (χ3n) is 4.50. The molecule has 0 N–H and O–H groups in total. The Morgan fingerprint density at radius 1 is 1.29 bits per heavy atom. The number of nitro groups is 1. The van der Waals surface area contributed by atoms with Crippen LogP contribution in [0.4, 0.5) is 10.1 Å². The van der Waals surface area contributed by atoms with Crippen LogP contribution in [0.15, 0.2) is 16.9 Å². The normalized spacial score (nSPS) is 13.5. The summed E-state index contributed by atoms with van der Waals surface area (Å²) in [5, 5.41) is 11.4. The summed E-state index contributed by atoms with van der Waals surface area (Å²) in [6.07, 6.45) is 2.53. The lowest BCUT2D eigenvalue weighted by Crippen LogP contribution is -2.22. The van der Waals surface area contributed by atoms with Gasteiger partial charge in [-0.15, -0.1) is 0 Å². The molecule has 3 rings (SSSR count). The first kappa shape index (κ1) is 19.9. The summed E-state index contributed by atoms with van der Waals surface area (Å²) in [6, 6.07) is 1.66. The number of nitrogens with zero attached hydrogens (tertiary/aromatic N) is 3. The molecule has 28 heavy (non-hydrogen) atoms. The minimum atomic E-state index is -0.925. The highest BCUT2D eigenvalue weighted by Gasteiger charge is 2.28. The molecule has 0 unspecified atom stereocenters. The number of nitro benzene ring substituents is 1. The first-order valence-electron chi connectivity index (χ1n) is 8.52. The second kappa shape index (κ2) is 8.01. The van der Waals surface area contributed by atoms with Gasteiger partial charge in [-0.25, -0.2) is 13.9 Å². The molecule has 0 fully saturated rings. The molecule has 0 aliphatic carbocycles. The van der Waals surface area contributed by atoms with Crippen LogP contribution in [0.1, 0.15) is 19.3 Å². The van der Waals surface area contributed by atoms with Gasteiger partial charge < -0.3 is 9.47 Å². The zero-order valence-corrected chi connectivity index (χ0v) is 15.7. The summed E-state index contributed by atoms with van der Waals surface area (Å²) in [4.78, 5) is 34.6. The molecule has 9 nitrogen and oxygen atoms in total. The predicted octanol–water partition coefficient (Wildman–Crippen LogP) is 2.75. The Hall–Kier alpha value is -2.88. The standard InChI is InChI=1S/C17H17ClFN3O6/c1-27-14(23)9-28-13-8-11(19)10(7-12(13)22(25)26)15-16(18)20-5-3-2-4-6-21(20)17(15)24/h7-8H,2-6,9H2,1H3. The number of esters is 1. The molecule has 2 heterocycles. The zero-order valence-electron chi connectivity index (χ0n) is 14.9. The Kier molecular flexibility index (Phi) is 5.68. The van der Waals surface area contributed by atoms with Crippen molar-refractivity contribution in [3.05, 3.63) is 43.6 Å². The highest BCUT2D eigenvalue weighted by Crippen LogP contribution is 2.37. The molecule has 0 atom stereocenters. The van der Waals surface area contributed by atoms with Crippen molar-refractivity contribution in [2.75, 3.05) is 13.7 Å². The predicted molar refractivity (Wildman–Crippen MR) is 97.1 cm³/mol. The Balaban J connectivity index is 2.11. The maximum absolute atomic E-state index is 14.8. The number of carbonyl (C=O) groups is 1. The smallest absolute Gasteiger partial charge is 0.343 e. The van der Waals surface area contributed by atoms with Crippen molar-refractivity contribution < 1.29 is 23.6 Å². The monoisotopic (exact) mass is 413 g/mol. The van der Waals surface area contributed by atoms with Gasteiger partial charge in [-0.3, -0.25) is 19.6 Å². The molecule has 0 radical (unpaired) electrons. The van der Waals surface area contributed by atoms with Crippen LogP contribution in [-0.2, 0) is 22.6 Å². The van der Waals surface area contributed by atoms with E-state index in [1.165, 1.54) is 4.68 Å². The van der Waals surface area contributed by atoms with Crippen LogP contribution in [0.3, 0.4) is 0 Å². The number of hydrogen-bond acceptors (Lipinski definition) is 6. The van der Waals surface area contributed by atoms with Gasteiger partial charge in [-0.2, -0.15) is 0 Å². The number of aromatic nitrogens is 2. The summed E-state index contributed by atoms with van der Waals surface area (Å²) in [6.45, 7) is 0.306. The fourth-order valence-electron chi connectivity index (χ4n) is 3.12. The van der Waals surface area contributed by atoms with Gasteiger partial charge in [0.2, 0.25) is 5.75 Å². The summed E-state index contributed by atoms with van der Waals surface area (Å²) in [5.41, 5.74) is -1.53. The SMILES string of the molecule is COC(=O)COc1cc(F)c(-c2c(Cl)n3n(c2=O)CCCCC3)cc1[N+](=O)[O-]. The molecule has 0 saturated heterocycles. The van der Waals surface area contributed by atoms with E-state index in [4.69, 9.17) is 16.3 Å². The lowest BCUT2D eigenvalue weighted by Gasteiger charge is -2.09. The number of rotatable bonds is 5. The number of carbonyl (C=O) groups excluding carboxylic acids is 1. The van der Waals surface area contributed by atoms with Gasteiger partial charge in [-0.1, -0.05) is 11.6 Å². The van der Waals surface area contributed by atoms with E-state index in [0.717, 1.165) is 38.5 Å². The molecule has 0 saturated carbocycles. The largest absolute Gasteiger partial charge is 0.475 e. The van der Waals surface area contributed by atoms with Gasteiger partial charge in [0, 0.05) is 30.8 Å². The van der Waals surface area contributed by atoms with Gasteiger partial charge in [0.05, 0.1) is 17.6 Å². The molecule has 1 aliphatic heterocycles. The third kappa shape index (κ3) is 3.59. The quantitative estimate of drug-likeness (QED) is 0.424. The van der Waals surface area contributed by atoms with Crippen LogP contribution in [0.25, 0.3) is 11.1 Å². The number of hydrogen-bond donors (Lipinski definition) is 0. The fourth-order valence-corrected chi connectivity index (χ4v) is 3.48. The molecule has 11 heteroatoms. The van der Waals surface area contributed by atoms with E-state index in [1.807, 2.05) is 0 Å². The lowest BCUT2D eigenvalue weighted by molar-refractivity contribution is -0.385. The fraction of sp³-hybridized carbons (Fsp3) is 0.412. The van der Waals surface area contributed by atoms with Crippen molar-refractivity contribution >= 4 is 23.3 Å². The van der Waals surface area contributed by atoms with E-state index in [2.05, 4.69) is 4.74 Å². The minimum Gasteiger partial charge on any atom is -0.475 e. The van der Waals surface area contributed by atoms with E-state index in [1.54, 1.807) is 4.68 Å². The van der Waals surface area contributed by atoms with E-state index in [9.17, 15) is 24.1 Å². The molecule has 1 aromatic heterocycles. The Morgan fingerprint density at radius 2 is 1.96 bits per heavy atom. The maximum Gasteiger partial charge on any atom is 0.343 e. The Morgan fingerprint density at radius 3 is 2.61 bits per heavy atom. The minimum absolute atomic E-state index is 0.0309. The first-order valence-corrected chi connectivity index (χ1v) is 8.90. The van der Waals surface area contributed by atoms with Gasteiger partial charge in [0.25, 0.3) is 5.56 Å². The molecule has 0 amide bonds. The van der Waals surface area contributed by atoms with Gasteiger partial charge in [-0.05, 0) is 19.3 Å². The summed E-state index contributed by atoms with van der Waals surface area (Å²) < 4.78 is 27.1. The van der Waals surface area contributed by atoms with Gasteiger partial charge in [0.15, 0.2) is 6.61 Å². The topological polar surface area (TPSA) is 106 Å². The average Bonchev–Trinajstić information content (AvgIpc) is 2.84. The molecule has 2 aromatic rings. The van der Waals surface area contributed by atoms with Gasteiger partial charge in [0.1, 0.15) is 11.0 Å². The van der Waals surface area contributed by atoms with Crippen molar-refractivity contribution in [2.45, 2.75) is 32.4 Å². The number of fused-ring (bicyclic) bond motifs is 1. The second-order valence-electron chi connectivity index (χ2n) is 6.20. The van der Waals surface area contributed by atoms with Crippen molar-refractivity contribution in [3.8, 4) is 16.9 Å². The third-order valence-corrected chi connectivity index (χ3v) is 4.88. The number of benzene rings is 1. The maximum atomic E-state index is 14.8. The van der Waals surface area contributed by atoms with Crippen molar-refractivity contribution in [2.24, 2.45) is 0 Å². The van der Waals surface area contributed by atoms with Crippen molar-refractivity contribution in [3.63, 3.8) is 0 Å². The Bertz CT molecular complexity index is 1000. The lowest BCUT2D eigenvalue weighted by atomic mass is 10.1. The van der Waals surface area contributed by atoms with Gasteiger partial charge >= 0.3 is 11.7 Å². The van der Waals surface area contributed by atoms with Crippen LogP contribution < -0.4 is 10.3 Å². The van der Waals surface area contributed by atoms with Crippen molar-refractivity contribution in [1.82, 2.24) is 9.36 Å². The van der Waals surface area contributed by atoms with Crippen LogP contribution in [0, 0.1) is 15.9 Å². The highest BCUT2D eigenvalue weighted by atomic mass is 35.5. The van der Waals surface area contributed by atoms with E-state index < -0.39 is 40.3 Å². The first-order chi connectivity index (χ1) is 13.3. The number of halogens is 2. The summed E-state index contributed by atoms with van der Waals surface area (Å²) in [5.74, 6) is -2.16. The molecule has 0 spiro atoms. The molecular formula is C17H17ClFN3O6. The zero-order chi connectivity index (χ0) is 20.4.